The van der Waals surface area contributed by atoms with Gasteiger partial charge in [-0.1, -0.05) is 27.7 Å². The minimum atomic E-state index is -0.119. The highest BCUT2D eigenvalue weighted by atomic mass is 16.2. The van der Waals surface area contributed by atoms with Crippen LogP contribution in [0.3, 0.4) is 0 Å². The predicted octanol–water partition coefficient (Wildman–Crippen LogP) is 2.48. The standard InChI is InChI=1S/C15H28N2O2/c1-9(2)13-8-14(19)16(11(5)6)15(10(3)4)17(13)12(7)18/h9-11,13,15H,8H2,1-7H3/t13-,15+/m0/s1. The Labute approximate surface area is 117 Å². The van der Waals surface area contributed by atoms with E-state index in [1.165, 1.54) is 0 Å². The minimum Gasteiger partial charge on any atom is -0.319 e. The van der Waals surface area contributed by atoms with Gasteiger partial charge in [0.05, 0.1) is 0 Å². The summed E-state index contributed by atoms with van der Waals surface area (Å²) >= 11 is 0. The summed E-state index contributed by atoms with van der Waals surface area (Å²) in [4.78, 5) is 28.3. The molecular weight excluding hydrogens is 240 g/mol. The second-order valence-corrected chi connectivity index (χ2v) is 6.49. The molecule has 0 bridgehead atoms. The zero-order valence-electron chi connectivity index (χ0n) is 13.3. The van der Waals surface area contributed by atoms with Gasteiger partial charge in [0, 0.05) is 25.4 Å². The topological polar surface area (TPSA) is 40.6 Å². The average Bonchev–Trinajstić information content (AvgIpc) is 2.25. The number of hydrogen-bond acceptors (Lipinski definition) is 2. The molecule has 1 heterocycles. The molecule has 0 aromatic heterocycles. The molecule has 1 aliphatic heterocycles. The van der Waals surface area contributed by atoms with E-state index >= 15 is 0 Å². The van der Waals surface area contributed by atoms with Crippen LogP contribution in [-0.2, 0) is 9.59 Å². The minimum absolute atomic E-state index is 0.0207. The molecule has 0 unspecified atom stereocenters. The fourth-order valence-corrected chi connectivity index (χ4v) is 3.07. The predicted molar refractivity (Wildman–Crippen MR) is 76.4 cm³/mol. The van der Waals surface area contributed by atoms with E-state index in [-0.39, 0.29) is 36.0 Å². The number of amides is 2. The maximum Gasteiger partial charge on any atom is 0.226 e. The largest absolute Gasteiger partial charge is 0.319 e. The van der Waals surface area contributed by atoms with E-state index in [0.717, 1.165) is 0 Å². The molecular formula is C15H28N2O2. The molecule has 0 aliphatic carbocycles. The maximum atomic E-state index is 12.4. The molecule has 0 saturated carbocycles. The van der Waals surface area contributed by atoms with Crippen LogP contribution in [-0.4, -0.2) is 39.9 Å². The van der Waals surface area contributed by atoms with Crippen molar-refractivity contribution in [1.29, 1.82) is 0 Å². The lowest BCUT2D eigenvalue weighted by atomic mass is 9.91. The van der Waals surface area contributed by atoms with Gasteiger partial charge in [0.1, 0.15) is 6.17 Å². The van der Waals surface area contributed by atoms with E-state index in [0.29, 0.717) is 12.3 Å². The summed E-state index contributed by atoms with van der Waals surface area (Å²) in [5.41, 5.74) is 0. The summed E-state index contributed by atoms with van der Waals surface area (Å²) in [5.74, 6) is 0.765. The van der Waals surface area contributed by atoms with Gasteiger partial charge in [-0.05, 0) is 25.7 Å². The molecule has 0 spiro atoms. The SMILES string of the molecule is CC(=O)N1[C@H](C(C)C)N(C(C)C)C(=O)C[C@H]1C(C)C. The monoisotopic (exact) mass is 268 g/mol. The molecule has 0 aromatic rings. The van der Waals surface area contributed by atoms with Crippen molar-refractivity contribution in [2.24, 2.45) is 11.8 Å². The lowest BCUT2D eigenvalue weighted by Crippen LogP contribution is -2.66. The van der Waals surface area contributed by atoms with Crippen molar-refractivity contribution in [2.75, 3.05) is 0 Å². The summed E-state index contributed by atoms with van der Waals surface area (Å²) in [5, 5.41) is 0. The van der Waals surface area contributed by atoms with Gasteiger partial charge in [-0.3, -0.25) is 9.59 Å². The molecule has 110 valence electrons. The van der Waals surface area contributed by atoms with Crippen LogP contribution in [0.25, 0.3) is 0 Å². The van der Waals surface area contributed by atoms with Gasteiger partial charge in [-0.2, -0.15) is 0 Å². The highest BCUT2D eigenvalue weighted by molar-refractivity contribution is 5.82. The first-order valence-corrected chi connectivity index (χ1v) is 7.28. The second-order valence-electron chi connectivity index (χ2n) is 6.49. The van der Waals surface area contributed by atoms with Crippen molar-refractivity contribution in [1.82, 2.24) is 9.80 Å². The highest BCUT2D eigenvalue weighted by Gasteiger charge is 2.44. The molecule has 1 saturated heterocycles. The third-order valence-corrected chi connectivity index (χ3v) is 3.88. The van der Waals surface area contributed by atoms with Crippen molar-refractivity contribution in [3.8, 4) is 0 Å². The fraction of sp³-hybridized carbons (Fsp3) is 0.867. The summed E-state index contributed by atoms with van der Waals surface area (Å²) < 4.78 is 0. The Bertz CT molecular complexity index is 350. The Morgan fingerprint density at radius 1 is 1.11 bits per heavy atom. The molecule has 4 heteroatoms. The molecule has 1 aliphatic rings. The van der Waals surface area contributed by atoms with Crippen molar-refractivity contribution >= 4 is 11.8 Å². The van der Waals surface area contributed by atoms with Gasteiger partial charge in [0.25, 0.3) is 0 Å². The molecule has 0 N–H and O–H groups in total. The lowest BCUT2D eigenvalue weighted by molar-refractivity contribution is -0.167. The molecule has 0 radical (unpaired) electrons. The number of rotatable bonds is 3. The second kappa shape index (κ2) is 5.93. The van der Waals surface area contributed by atoms with Crippen molar-refractivity contribution in [3.05, 3.63) is 0 Å². The van der Waals surface area contributed by atoms with Crippen molar-refractivity contribution in [2.45, 2.75) is 73.1 Å². The first kappa shape index (κ1) is 16.0. The van der Waals surface area contributed by atoms with Gasteiger partial charge in [-0.15, -0.1) is 0 Å². The third-order valence-electron chi connectivity index (χ3n) is 3.88. The first-order chi connectivity index (χ1) is 8.68. The van der Waals surface area contributed by atoms with Gasteiger partial charge in [0.15, 0.2) is 0 Å². The fourth-order valence-electron chi connectivity index (χ4n) is 3.07. The molecule has 1 fully saturated rings. The van der Waals surface area contributed by atoms with E-state index < -0.39 is 0 Å². The van der Waals surface area contributed by atoms with Crippen LogP contribution >= 0.6 is 0 Å². The normalized spacial score (nSPS) is 24.8. The number of hydrogen-bond donors (Lipinski definition) is 0. The first-order valence-electron chi connectivity index (χ1n) is 7.28. The summed E-state index contributed by atoms with van der Waals surface area (Å²) in [6.45, 7) is 14.0. The quantitative estimate of drug-likeness (QED) is 0.789. The number of nitrogens with zero attached hydrogens (tertiary/aromatic N) is 2. The van der Waals surface area contributed by atoms with Gasteiger partial charge >= 0.3 is 0 Å². The van der Waals surface area contributed by atoms with E-state index in [1.54, 1.807) is 6.92 Å². The van der Waals surface area contributed by atoms with E-state index in [1.807, 2.05) is 23.6 Å². The van der Waals surface area contributed by atoms with E-state index in [2.05, 4.69) is 27.7 Å². The smallest absolute Gasteiger partial charge is 0.226 e. The third kappa shape index (κ3) is 3.10. The lowest BCUT2D eigenvalue weighted by Gasteiger charge is -2.52. The maximum absolute atomic E-state index is 12.4. The zero-order chi connectivity index (χ0) is 14.9. The van der Waals surface area contributed by atoms with Crippen LogP contribution < -0.4 is 0 Å². The van der Waals surface area contributed by atoms with Crippen molar-refractivity contribution < 1.29 is 9.59 Å². The molecule has 0 aromatic carbocycles. The Morgan fingerprint density at radius 2 is 1.63 bits per heavy atom. The van der Waals surface area contributed by atoms with Gasteiger partial charge in [0.2, 0.25) is 11.8 Å². The van der Waals surface area contributed by atoms with Gasteiger partial charge < -0.3 is 9.80 Å². The van der Waals surface area contributed by atoms with Gasteiger partial charge in [-0.25, -0.2) is 0 Å². The van der Waals surface area contributed by atoms with Crippen LogP contribution in [0.15, 0.2) is 0 Å². The molecule has 2 amide bonds. The Hall–Kier alpha value is -1.06. The molecule has 19 heavy (non-hydrogen) atoms. The molecule has 4 nitrogen and oxygen atoms in total. The van der Waals surface area contributed by atoms with Crippen LogP contribution in [0, 0.1) is 11.8 Å². The Kier molecular flexibility index (Phi) is 4.99. The molecule has 1 rings (SSSR count). The van der Waals surface area contributed by atoms with E-state index in [9.17, 15) is 9.59 Å². The summed E-state index contributed by atoms with van der Waals surface area (Å²) in [6.07, 6.45) is 0.324. The zero-order valence-corrected chi connectivity index (χ0v) is 13.3. The average molecular weight is 268 g/mol. The number of carbonyl (C=O) groups excluding carboxylic acids is 2. The Balaban J connectivity index is 3.23. The van der Waals surface area contributed by atoms with Crippen molar-refractivity contribution in [3.63, 3.8) is 0 Å². The summed E-state index contributed by atoms with van der Waals surface area (Å²) in [6, 6.07) is 0.141. The number of carbonyl (C=O) groups is 2. The van der Waals surface area contributed by atoms with Crippen LogP contribution in [0.1, 0.15) is 54.9 Å². The Morgan fingerprint density at radius 3 is 1.95 bits per heavy atom. The highest BCUT2D eigenvalue weighted by Crippen LogP contribution is 2.31. The van der Waals surface area contributed by atoms with Crippen LogP contribution in [0.2, 0.25) is 0 Å². The van der Waals surface area contributed by atoms with Crippen LogP contribution in [0.5, 0.6) is 0 Å². The van der Waals surface area contributed by atoms with E-state index in [4.69, 9.17) is 0 Å². The van der Waals surface area contributed by atoms with Crippen LogP contribution in [0.4, 0.5) is 0 Å². The molecule has 2 atom stereocenters. The summed E-state index contributed by atoms with van der Waals surface area (Å²) in [7, 11) is 0.